The number of hydrogen-bond acceptors (Lipinski definition) is 4. The number of furan rings is 1. The van der Waals surface area contributed by atoms with Gasteiger partial charge in [0.15, 0.2) is 5.84 Å². The first-order valence-electron chi connectivity index (χ1n) is 17.3. The lowest BCUT2D eigenvalue weighted by molar-refractivity contribution is 0.668. The Labute approximate surface area is 295 Å². The van der Waals surface area contributed by atoms with Gasteiger partial charge in [0.2, 0.25) is 0 Å². The van der Waals surface area contributed by atoms with Crippen molar-refractivity contribution < 1.29 is 4.42 Å². The van der Waals surface area contributed by atoms with E-state index in [2.05, 4.69) is 163 Å². The fourth-order valence-electron chi connectivity index (χ4n) is 7.37. The summed E-state index contributed by atoms with van der Waals surface area (Å²) in [5, 5.41) is 10.5. The largest absolute Gasteiger partial charge is 0.456 e. The summed E-state index contributed by atoms with van der Waals surface area (Å²) in [6.07, 6.45) is -0.338. The number of rotatable bonds is 5. The van der Waals surface area contributed by atoms with Crippen LogP contribution in [0.4, 0.5) is 0 Å². The van der Waals surface area contributed by atoms with Gasteiger partial charge in [0.05, 0.1) is 0 Å². The zero-order valence-corrected chi connectivity index (χ0v) is 27.6. The van der Waals surface area contributed by atoms with Crippen molar-refractivity contribution in [3.05, 3.63) is 193 Å². The van der Waals surface area contributed by atoms with Gasteiger partial charge in [0.1, 0.15) is 23.2 Å². The van der Waals surface area contributed by atoms with E-state index in [-0.39, 0.29) is 6.17 Å². The van der Waals surface area contributed by atoms with Crippen molar-refractivity contribution in [2.24, 2.45) is 9.98 Å². The molecule has 4 nitrogen and oxygen atoms in total. The highest BCUT2D eigenvalue weighted by Gasteiger charge is 2.24. The average molecular weight is 654 g/mol. The van der Waals surface area contributed by atoms with E-state index in [1.807, 2.05) is 18.2 Å². The Bertz CT molecular complexity index is 2820. The van der Waals surface area contributed by atoms with Crippen LogP contribution in [0.2, 0.25) is 0 Å². The summed E-state index contributed by atoms with van der Waals surface area (Å²) < 4.78 is 6.57. The van der Waals surface area contributed by atoms with Crippen LogP contribution in [-0.4, -0.2) is 11.7 Å². The van der Waals surface area contributed by atoms with E-state index in [0.717, 1.165) is 55.4 Å². The van der Waals surface area contributed by atoms with Gasteiger partial charge in [0.25, 0.3) is 0 Å². The topological polar surface area (TPSA) is 49.9 Å². The second kappa shape index (κ2) is 12.0. The first-order chi connectivity index (χ1) is 25.2. The predicted octanol–water partition coefficient (Wildman–Crippen LogP) is 11.7. The van der Waals surface area contributed by atoms with Crippen molar-refractivity contribution in [3.63, 3.8) is 0 Å². The standard InChI is InChI=1S/C47H31N3O/c1-2-10-30(11-3-1)32-20-23-34(24-21-32)45-48-46(37-25-22-31-12-4-5-14-35(31)28-37)50-47(49-45)41-18-9-19-42-44(41)40-27-26-36(29-43(40)51-42)39-17-8-15-33-13-6-7-16-38(33)39/h1-29,45H,(H,48,49,50). The predicted molar refractivity (Wildman–Crippen MR) is 211 cm³/mol. The zero-order valence-electron chi connectivity index (χ0n) is 27.6. The number of fused-ring (bicyclic) bond motifs is 5. The summed E-state index contributed by atoms with van der Waals surface area (Å²) in [5.74, 6) is 1.45. The van der Waals surface area contributed by atoms with Crippen LogP contribution < -0.4 is 5.32 Å². The van der Waals surface area contributed by atoms with Crippen LogP contribution in [0.25, 0.3) is 65.7 Å². The Morgan fingerprint density at radius 3 is 2.02 bits per heavy atom. The third-order valence-corrected chi connectivity index (χ3v) is 9.94. The monoisotopic (exact) mass is 653 g/mol. The zero-order chi connectivity index (χ0) is 33.7. The van der Waals surface area contributed by atoms with E-state index >= 15 is 0 Å². The maximum absolute atomic E-state index is 6.57. The summed E-state index contributed by atoms with van der Waals surface area (Å²) in [4.78, 5) is 10.5. The minimum atomic E-state index is -0.338. The minimum Gasteiger partial charge on any atom is -0.456 e. The molecule has 0 spiro atoms. The van der Waals surface area contributed by atoms with Gasteiger partial charge < -0.3 is 9.73 Å². The number of nitrogens with zero attached hydrogens (tertiary/aromatic N) is 2. The summed E-state index contributed by atoms with van der Waals surface area (Å²) >= 11 is 0. The lowest BCUT2D eigenvalue weighted by Gasteiger charge is -2.24. The molecular formula is C47H31N3O. The Balaban J connectivity index is 1.11. The van der Waals surface area contributed by atoms with Gasteiger partial charge in [-0.15, -0.1) is 0 Å². The third-order valence-electron chi connectivity index (χ3n) is 9.94. The van der Waals surface area contributed by atoms with Gasteiger partial charge in [0, 0.05) is 21.9 Å². The van der Waals surface area contributed by atoms with Crippen LogP contribution in [0.1, 0.15) is 22.9 Å². The Hall–Kier alpha value is -6.78. The van der Waals surface area contributed by atoms with Crippen LogP contribution in [0.3, 0.4) is 0 Å². The van der Waals surface area contributed by atoms with Gasteiger partial charge in [-0.25, -0.2) is 9.98 Å². The number of hydrogen-bond donors (Lipinski definition) is 1. The molecule has 4 heteroatoms. The normalized spacial score (nSPS) is 14.5. The highest BCUT2D eigenvalue weighted by atomic mass is 16.3. The van der Waals surface area contributed by atoms with Crippen LogP contribution >= 0.6 is 0 Å². The molecule has 1 aliphatic heterocycles. The van der Waals surface area contributed by atoms with Crippen LogP contribution in [-0.2, 0) is 0 Å². The Morgan fingerprint density at radius 1 is 0.451 bits per heavy atom. The molecule has 0 amide bonds. The summed E-state index contributed by atoms with van der Waals surface area (Å²) in [6, 6.07) is 61.7. The van der Waals surface area contributed by atoms with E-state index < -0.39 is 0 Å². The van der Waals surface area contributed by atoms with Crippen molar-refractivity contribution in [3.8, 4) is 22.3 Å². The third kappa shape index (κ3) is 5.17. The Morgan fingerprint density at radius 2 is 1.14 bits per heavy atom. The van der Waals surface area contributed by atoms with Gasteiger partial charge in [-0.2, -0.15) is 0 Å². The van der Waals surface area contributed by atoms with E-state index in [0.29, 0.717) is 5.84 Å². The molecule has 1 aliphatic rings. The first-order valence-corrected chi connectivity index (χ1v) is 17.3. The number of amidine groups is 2. The molecule has 0 aliphatic carbocycles. The quantitative estimate of drug-likeness (QED) is 0.201. The molecule has 1 aromatic heterocycles. The van der Waals surface area contributed by atoms with Gasteiger partial charge in [-0.1, -0.05) is 152 Å². The van der Waals surface area contributed by atoms with Crippen LogP contribution in [0, 0.1) is 0 Å². The maximum Gasteiger partial charge on any atom is 0.160 e. The van der Waals surface area contributed by atoms with Crippen LogP contribution in [0.15, 0.2) is 190 Å². The minimum absolute atomic E-state index is 0.338. The molecule has 0 bridgehead atoms. The SMILES string of the molecule is c1ccc(-c2ccc(C3N=C(c4cccc5oc6cc(-c7cccc8ccccc78)ccc6c45)N=C(c4ccc5ccccc5c4)N3)cc2)cc1. The van der Waals surface area contributed by atoms with Crippen molar-refractivity contribution in [1.29, 1.82) is 0 Å². The number of nitrogens with one attached hydrogen (secondary N) is 1. The second-order valence-corrected chi connectivity index (χ2v) is 13.0. The fraction of sp³-hybridized carbons (Fsp3) is 0.0213. The molecular weight excluding hydrogens is 623 g/mol. The number of benzene rings is 8. The molecule has 10 rings (SSSR count). The molecule has 0 radical (unpaired) electrons. The molecule has 1 atom stereocenters. The first kappa shape index (κ1) is 29.2. The average Bonchev–Trinajstić information content (AvgIpc) is 3.59. The summed E-state index contributed by atoms with van der Waals surface area (Å²) in [6.45, 7) is 0. The highest BCUT2D eigenvalue weighted by molar-refractivity contribution is 6.22. The van der Waals surface area contributed by atoms with Gasteiger partial charge in [-0.05, 0) is 73.6 Å². The Kier molecular flexibility index (Phi) is 6.85. The van der Waals surface area contributed by atoms with Gasteiger partial charge in [-0.3, -0.25) is 0 Å². The van der Waals surface area contributed by atoms with E-state index in [1.54, 1.807) is 0 Å². The van der Waals surface area contributed by atoms with Crippen molar-refractivity contribution in [2.45, 2.75) is 6.17 Å². The van der Waals surface area contributed by atoms with E-state index in [1.165, 1.54) is 32.8 Å². The van der Waals surface area contributed by atoms with Crippen molar-refractivity contribution in [1.82, 2.24) is 5.32 Å². The molecule has 1 unspecified atom stereocenters. The molecule has 2 heterocycles. The smallest absolute Gasteiger partial charge is 0.160 e. The molecule has 8 aromatic carbocycles. The fourth-order valence-corrected chi connectivity index (χ4v) is 7.37. The number of aliphatic imine (C=N–C) groups is 2. The van der Waals surface area contributed by atoms with Gasteiger partial charge >= 0.3 is 0 Å². The lowest BCUT2D eigenvalue weighted by atomic mass is 9.97. The lowest BCUT2D eigenvalue weighted by Crippen LogP contribution is -2.33. The van der Waals surface area contributed by atoms with Crippen molar-refractivity contribution in [2.75, 3.05) is 0 Å². The highest BCUT2D eigenvalue weighted by Crippen LogP contribution is 2.37. The van der Waals surface area contributed by atoms with Crippen molar-refractivity contribution >= 4 is 55.2 Å². The molecule has 0 saturated carbocycles. The van der Waals surface area contributed by atoms with E-state index in [9.17, 15) is 0 Å². The molecule has 9 aromatic rings. The second-order valence-electron chi connectivity index (χ2n) is 13.0. The van der Waals surface area contributed by atoms with Crippen LogP contribution in [0.5, 0.6) is 0 Å². The van der Waals surface area contributed by atoms with E-state index in [4.69, 9.17) is 14.4 Å². The molecule has 51 heavy (non-hydrogen) atoms. The molecule has 1 N–H and O–H groups in total. The molecule has 0 fully saturated rings. The molecule has 240 valence electrons. The summed E-state index contributed by atoms with van der Waals surface area (Å²) in [7, 11) is 0. The molecule has 0 saturated heterocycles. The summed E-state index contributed by atoms with van der Waals surface area (Å²) in [5.41, 5.74) is 9.31. The maximum atomic E-state index is 6.57.